The maximum atomic E-state index is 4.44. The van der Waals surface area contributed by atoms with Crippen molar-refractivity contribution < 1.29 is 0 Å². The van der Waals surface area contributed by atoms with Crippen molar-refractivity contribution in [3.8, 4) is 0 Å². The third-order valence-electron chi connectivity index (χ3n) is 3.22. The fourth-order valence-corrected chi connectivity index (χ4v) is 2.69. The van der Waals surface area contributed by atoms with Crippen molar-refractivity contribution in [2.45, 2.75) is 45.2 Å². The van der Waals surface area contributed by atoms with Gasteiger partial charge in [-0.1, -0.05) is 12.8 Å². The Morgan fingerprint density at radius 2 is 2.25 bits per heavy atom. The molecule has 0 spiro atoms. The summed E-state index contributed by atoms with van der Waals surface area (Å²) in [5.74, 6) is 0.917. The Morgan fingerprint density at radius 3 is 2.75 bits per heavy atom. The smallest absolute Gasteiger partial charge is 0.0698 e. The third kappa shape index (κ3) is 2.48. The Hall–Kier alpha value is -0.350. The summed E-state index contributed by atoms with van der Waals surface area (Å²) in [5, 5.41) is 7.86. The summed E-state index contributed by atoms with van der Waals surface area (Å²) in [5.41, 5.74) is 1.30. The molecule has 1 aliphatic carbocycles. The summed E-state index contributed by atoms with van der Waals surface area (Å²) in [7, 11) is 2.04. The lowest BCUT2D eigenvalue weighted by Gasteiger charge is -2.20. The number of hydrogen-bond donors (Lipinski definition) is 1. The van der Waals surface area contributed by atoms with Gasteiger partial charge < -0.3 is 5.32 Å². The van der Waals surface area contributed by atoms with E-state index in [1.165, 1.54) is 25.0 Å². The molecule has 0 saturated heterocycles. The lowest BCUT2D eigenvalue weighted by Crippen LogP contribution is -2.22. The van der Waals surface area contributed by atoms with Gasteiger partial charge in [0.05, 0.1) is 22.4 Å². The quantitative estimate of drug-likeness (QED) is 0.900. The Balaban J connectivity index is 2.23. The minimum absolute atomic E-state index is 0.413. The molecule has 1 saturated carbocycles. The highest BCUT2D eigenvalue weighted by Crippen LogP contribution is 2.39. The van der Waals surface area contributed by atoms with E-state index in [1.807, 2.05) is 13.2 Å². The van der Waals surface area contributed by atoms with Gasteiger partial charge in [-0.05, 0) is 49.2 Å². The zero-order chi connectivity index (χ0) is 11.7. The Kier molecular flexibility index (Phi) is 3.70. The number of nitrogens with one attached hydrogen (secondary N) is 1. The molecule has 1 aromatic rings. The summed E-state index contributed by atoms with van der Waals surface area (Å²) in [6.07, 6.45) is 5.93. The summed E-state index contributed by atoms with van der Waals surface area (Å²) >= 11 is 3.61. The van der Waals surface area contributed by atoms with Crippen LogP contribution < -0.4 is 5.32 Å². The van der Waals surface area contributed by atoms with E-state index in [9.17, 15) is 0 Å². The number of hydrogen-bond acceptors (Lipinski definition) is 2. The van der Waals surface area contributed by atoms with Crippen LogP contribution in [0.1, 0.15) is 50.9 Å². The molecule has 1 fully saturated rings. The molecule has 1 N–H and O–H groups in total. The lowest BCUT2D eigenvalue weighted by molar-refractivity contribution is 0.432. The second-order valence-corrected chi connectivity index (χ2v) is 5.79. The van der Waals surface area contributed by atoms with E-state index in [-0.39, 0.29) is 0 Å². The first-order valence-corrected chi connectivity index (χ1v) is 6.83. The van der Waals surface area contributed by atoms with Crippen LogP contribution in [0.15, 0.2) is 10.7 Å². The predicted molar refractivity (Wildman–Crippen MR) is 69.5 cm³/mol. The molecular formula is C12H20BrN3. The van der Waals surface area contributed by atoms with Crippen molar-refractivity contribution in [3.05, 3.63) is 16.4 Å². The molecule has 1 heterocycles. The van der Waals surface area contributed by atoms with Crippen LogP contribution in [0.2, 0.25) is 0 Å². The zero-order valence-corrected chi connectivity index (χ0v) is 11.8. The number of aromatic nitrogens is 2. The molecule has 0 aromatic carbocycles. The number of halogens is 1. The standard InChI is InChI=1S/C12H20BrN3/c1-8(2)16-12(10(13)7-15-16)11(14-3)6-9-4-5-9/h7-9,11,14H,4-6H2,1-3H3. The topological polar surface area (TPSA) is 29.9 Å². The maximum Gasteiger partial charge on any atom is 0.0698 e. The normalized spacial score (nSPS) is 18.1. The summed E-state index contributed by atoms with van der Waals surface area (Å²) in [6, 6.07) is 0.836. The molecule has 0 bridgehead atoms. The average molecular weight is 286 g/mol. The number of rotatable bonds is 5. The summed E-state index contributed by atoms with van der Waals surface area (Å²) in [4.78, 5) is 0. The Labute approximate surface area is 106 Å². The fraction of sp³-hybridized carbons (Fsp3) is 0.750. The first-order chi connectivity index (χ1) is 7.63. The second-order valence-electron chi connectivity index (χ2n) is 4.94. The van der Waals surface area contributed by atoms with E-state index in [0.29, 0.717) is 12.1 Å². The van der Waals surface area contributed by atoms with Crippen molar-refractivity contribution in [1.82, 2.24) is 15.1 Å². The zero-order valence-electron chi connectivity index (χ0n) is 10.2. The molecule has 16 heavy (non-hydrogen) atoms. The monoisotopic (exact) mass is 285 g/mol. The van der Waals surface area contributed by atoms with Gasteiger partial charge in [0.25, 0.3) is 0 Å². The van der Waals surface area contributed by atoms with Crippen molar-refractivity contribution in [1.29, 1.82) is 0 Å². The van der Waals surface area contributed by atoms with Crippen LogP contribution in [-0.4, -0.2) is 16.8 Å². The molecule has 0 amide bonds. The minimum atomic E-state index is 0.413. The van der Waals surface area contributed by atoms with E-state index in [2.05, 4.69) is 44.9 Å². The van der Waals surface area contributed by atoms with Gasteiger partial charge in [0.1, 0.15) is 0 Å². The highest BCUT2D eigenvalue weighted by molar-refractivity contribution is 9.10. The maximum absolute atomic E-state index is 4.44. The summed E-state index contributed by atoms with van der Waals surface area (Å²) < 4.78 is 3.24. The van der Waals surface area contributed by atoms with Crippen LogP contribution in [0.3, 0.4) is 0 Å². The molecule has 2 rings (SSSR count). The van der Waals surface area contributed by atoms with Crippen LogP contribution in [0, 0.1) is 5.92 Å². The van der Waals surface area contributed by atoms with Crippen LogP contribution in [0.5, 0.6) is 0 Å². The van der Waals surface area contributed by atoms with E-state index in [0.717, 1.165) is 10.4 Å². The number of nitrogens with zero attached hydrogens (tertiary/aromatic N) is 2. The molecule has 1 aromatic heterocycles. The predicted octanol–water partition coefficient (Wildman–Crippen LogP) is 3.29. The Morgan fingerprint density at radius 1 is 1.56 bits per heavy atom. The van der Waals surface area contributed by atoms with Gasteiger partial charge >= 0.3 is 0 Å². The van der Waals surface area contributed by atoms with Crippen LogP contribution in [-0.2, 0) is 0 Å². The fourth-order valence-electron chi connectivity index (χ4n) is 2.14. The first kappa shape index (κ1) is 12.1. The van der Waals surface area contributed by atoms with Crippen molar-refractivity contribution in [2.24, 2.45) is 5.92 Å². The van der Waals surface area contributed by atoms with Crippen LogP contribution in [0.25, 0.3) is 0 Å². The van der Waals surface area contributed by atoms with Gasteiger partial charge in [-0.25, -0.2) is 0 Å². The molecule has 3 nitrogen and oxygen atoms in total. The molecule has 1 unspecified atom stereocenters. The molecular weight excluding hydrogens is 266 g/mol. The minimum Gasteiger partial charge on any atom is -0.312 e. The van der Waals surface area contributed by atoms with Crippen LogP contribution in [0.4, 0.5) is 0 Å². The van der Waals surface area contributed by atoms with E-state index in [1.54, 1.807) is 0 Å². The first-order valence-electron chi connectivity index (χ1n) is 6.03. The van der Waals surface area contributed by atoms with E-state index < -0.39 is 0 Å². The molecule has 4 heteroatoms. The van der Waals surface area contributed by atoms with Gasteiger partial charge in [0.2, 0.25) is 0 Å². The van der Waals surface area contributed by atoms with E-state index >= 15 is 0 Å². The second kappa shape index (κ2) is 4.88. The Bertz CT molecular complexity index is 355. The van der Waals surface area contributed by atoms with Gasteiger partial charge in [-0.15, -0.1) is 0 Å². The molecule has 90 valence electrons. The van der Waals surface area contributed by atoms with Crippen molar-refractivity contribution in [3.63, 3.8) is 0 Å². The van der Waals surface area contributed by atoms with Gasteiger partial charge in [0, 0.05) is 6.04 Å². The van der Waals surface area contributed by atoms with E-state index in [4.69, 9.17) is 0 Å². The van der Waals surface area contributed by atoms with Gasteiger partial charge in [-0.2, -0.15) is 5.10 Å². The average Bonchev–Trinajstić information content (AvgIpc) is 2.97. The van der Waals surface area contributed by atoms with Crippen molar-refractivity contribution in [2.75, 3.05) is 7.05 Å². The molecule has 1 aliphatic rings. The SMILES string of the molecule is CNC(CC1CC1)c1c(Br)cnn1C(C)C. The highest BCUT2D eigenvalue weighted by atomic mass is 79.9. The highest BCUT2D eigenvalue weighted by Gasteiger charge is 2.28. The lowest BCUT2D eigenvalue weighted by atomic mass is 10.1. The third-order valence-corrected chi connectivity index (χ3v) is 3.83. The molecule has 1 atom stereocenters. The largest absolute Gasteiger partial charge is 0.312 e. The summed E-state index contributed by atoms with van der Waals surface area (Å²) in [6.45, 7) is 4.35. The molecule has 0 aliphatic heterocycles. The van der Waals surface area contributed by atoms with Crippen molar-refractivity contribution >= 4 is 15.9 Å². The molecule has 0 radical (unpaired) electrons. The van der Waals surface area contributed by atoms with Crippen LogP contribution >= 0.6 is 15.9 Å². The van der Waals surface area contributed by atoms with Gasteiger partial charge in [0.15, 0.2) is 0 Å². The van der Waals surface area contributed by atoms with Gasteiger partial charge in [-0.3, -0.25) is 4.68 Å².